The van der Waals surface area contributed by atoms with E-state index in [0.29, 0.717) is 30.2 Å². The molecule has 1 aromatic carbocycles. The normalized spacial score (nSPS) is 14.2. The van der Waals surface area contributed by atoms with Gasteiger partial charge in [-0.1, -0.05) is 0 Å². The van der Waals surface area contributed by atoms with Crippen molar-refractivity contribution >= 4 is 15.9 Å². The van der Waals surface area contributed by atoms with E-state index in [9.17, 15) is 13.2 Å². The second-order valence-corrected chi connectivity index (χ2v) is 8.32. The minimum absolute atomic E-state index is 0.0500. The predicted octanol–water partition coefficient (Wildman–Crippen LogP) is 1.51. The van der Waals surface area contributed by atoms with Gasteiger partial charge in [0.25, 0.3) is 5.91 Å². The van der Waals surface area contributed by atoms with E-state index in [0.717, 1.165) is 5.56 Å². The van der Waals surface area contributed by atoms with Crippen molar-refractivity contribution in [1.82, 2.24) is 19.3 Å². The van der Waals surface area contributed by atoms with E-state index in [2.05, 4.69) is 15.0 Å². The van der Waals surface area contributed by atoms with Gasteiger partial charge in [-0.2, -0.15) is 4.31 Å². The number of amides is 1. The lowest BCUT2D eigenvalue weighted by Gasteiger charge is -2.27. The first-order chi connectivity index (χ1) is 13.9. The van der Waals surface area contributed by atoms with Crippen molar-refractivity contribution < 1.29 is 17.9 Å². The average Bonchev–Trinajstić information content (AvgIpc) is 2.74. The maximum absolute atomic E-state index is 13.0. The standard InChI is InChI=1S/C19H17N5O4S/c20-18(25)19-22-10-13-7-9-24(12-17(13)23-19)29(26,27)16-5-3-14(4-6-16)28-15-2-1-8-21-11-15/h1-6,8,10-11H,7,9,12H2,(H2,20,25). The Hall–Kier alpha value is -3.37. The quantitative estimate of drug-likeness (QED) is 0.674. The number of fused-ring (bicyclic) bond motifs is 1. The molecule has 10 heteroatoms. The molecule has 148 valence electrons. The lowest BCUT2D eigenvalue weighted by atomic mass is 10.1. The van der Waals surface area contributed by atoms with Crippen LogP contribution in [0.5, 0.6) is 11.5 Å². The van der Waals surface area contributed by atoms with Crippen LogP contribution in [0.3, 0.4) is 0 Å². The molecule has 1 amide bonds. The van der Waals surface area contributed by atoms with Gasteiger partial charge in [-0.05, 0) is 48.4 Å². The van der Waals surface area contributed by atoms with Crippen LogP contribution in [0.2, 0.25) is 0 Å². The number of primary amides is 1. The third kappa shape index (κ3) is 3.93. The highest BCUT2D eigenvalue weighted by atomic mass is 32.2. The molecule has 1 aliphatic heterocycles. The molecule has 29 heavy (non-hydrogen) atoms. The van der Waals surface area contributed by atoms with Gasteiger partial charge < -0.3 is 10.5 Å². The Morgan fingerprint density at radius 3 is 2.59 bits per heavy atom. The summed E-state index contributed by atoms with van der Waals surface area (Å²) in [6.45, 7) is 0.344. The minimum atomic E-state index is -3.74. The second kappa shape index (κ2) is 7.57. The van der Waals surface area contributed by atoms with Gasteiger partial charge in [0.05, 0.1) is 23.3 Å². The summed E-state index contributed by atoms with van der Waals surface area (Å²) in [5.41, 5.74) is 6.51. The summed E-state index contributed by atoms with van der Waals surface area (Å²) in [5, 5.41) is 0. The largest absolute Gasteiger partial charge is 0.456 e. The number of ether oxygens (including phenoxy) is 1. The summed E-state index contributed by atoms with van der Waals surface area (Å²) < 4.78 is 33.0. The van der Waals surface area contributed by atoms with Gasteiger partial charge in [0.2, 0.25) is 15.8 Å². The Morgan fingerprint density at radius 2 is 1.90 bits per heavy atom. The van der Waals surface area contributed by atoms with Crippen molar-refractivity contribution in [2.75, 3.05) is 6.54 Å². The fourth-order valence-corrected chi connectivity index (χ4v) is 4.38. The summed E-state index contributed by atoms with van der Waals surface area (Å²) in [5.74, 6) is 0.178. The summed E-state index contributed by atoms with van der Waals surface area (Å²) in [6, 6.07) is 9.66. The van der Waals surface area contributed by atoms with Crippen LogP contribution in [0.4, 0.5) is 0 Å². The number of hydrogen-bond acceptors (Lipinski definition) is 7. The molecule has 0 aliphatic carbocycles. The summed E-state index contributed by atoms with van der Waals surface area (Å²) in [6.07, 6.45) is 5.18. The molecule has 0 fully saturated rings. The maximum atomic E-state index is 13.0. The van der Waals surface area contributed by atoms with Gasteiger partial charge in [-0.3, -0.25) is 9.78 Å². The number of rotatable bonds is 5. The van der Waals surface area contributed by atoms with Crippen LogP contribution >= 0.6 is 0 Å². The van der Waals surface area contributed by atoms with Gasteiger partial charge in [0.15, 0.2) is 0 Å². The first-order valence-corrected chi connectivity index (χ1v) is 10.2. The molecular formula is C19H17N5O4S. The lowest BCUT2D eigenvalue weighted by molar-refractivity contribution is 0.0990. The molecule has 4 rings (SSSR count). The van der Waals surface area contributed by atoms with Crippen LogP contribution in [0, 0.1) is 0 Å². The SMILES string of the molecule is NC(=O)c1ncc2c(n1)CN(S(=O)(=O)c1ccc(Oc3cccnc3)cc1)CC2. The van der Waals surface area contributed by atoms with Crippen molar-refractivity contribution in [2.45, 2.75) is 17.9 Å². The third-order valence-electron chi connectivity index (χ3n) is 4.46. The fraction of sp³-hybridized carbons (Fsp3) is 0.158. The summed E-state index contributed by atoms with van der Waals surface area (Å²) >= 11 is 0. The molecule has 0 unspecified atom stereocenters. The predicted molar refractivity (Wildman–Crippen MR) is 103 cm³/mol. The Balaban J connectivity index is 1.54. The van der Waals surface area contributed by atoms with Crippen molar-refractivity contribution in [1.29, 1.82) is 0 Å². The molecule has 2 N–H and O–H groups in total. The second-order valence-electron chi connectivity index (χ2n) is 6.38. The molecule has 0 atom stereocenters. The molecule has 1 aliphatic rings. The van der Waals surface area contributed by atoms with Crippen molar-refractivity contribution in [3.63, 3.8) is 0 Å². The fourth-order valence-electron chi connectivity index (χ4n) is 2.98. The molecular weight excluding hydrogens is 394 g/mol. The summed E-state index contributed by atoms with van der Waals surface area (Å²) in [4.78, 5) is 23.4. The molecule has 0 spiro atoms. The first-order valence-electron chi connectivity index (χ1n) is 8.76. The van der Waals surface area contributed by atoms with Gasteiger partial charge in [0, 0.05) is 18.9 Å². The van der Waals surface area contributed by atoms with Gasteiger partial charge in [-0.25, -0.2) is 18.4 Å². The summed E-state index contributed by atoms with van der Waals surface area (Å²) in [7, 11) is -3.74. The zero-order chi connectivity index (χ0) is 20.4. The molecule has 3 aromatic rings. The zero-order valence-corrected chi connectivity index (χ0v) is 16.0. The zero-order valence-electron chi connectivity index (χ0n) is 15.2. The maximum Gasteiger partial charge on any atom is 0.286 e. The van der Waals surface area contributed by atoms with Gasteiger partial charge in [0.1, 0.15) is 11.5 Å². The number of aromatic nitrogens is 3. The van der Waals surface area contributed by atoms with Gasteiger partial charge >= 0.3 is 0 Å². The molecule has 9 nitrogen and oxygen atoms in total. The number of nitrogens with zero attached hydrogens (tertiary/aromatic N) is 4. The van der Waals surface area contributed by atoms with Crippen LogP contribution in [-0.4, -0.2) is 40.1 Å². The van der Waals surface area contributed by atoms with Crippen LogP contribution in [-0.2, 0) is 23.0 Å². The van der Waals surface area contributed by atoms with E-state index in [1.54, 1.807) is 36.7 Å². The third-order valence-corrected chi connectivity index (χ3v) is 6.32. The first kappa shape index (κ1) is 19.0. The van der Waals surface area contributed by atoms with E-state index < -0.39 is 15.9 Å². The average molecular weight is 411 g/mol. The topological polar surface area (TPSA) is 128 Å². The monoisotopic (exact) mass is 411 g/mol. The molecule has 0 radical (unpaired) electrons. The van der Waals surface area contributed by atoms with Crippen LogP contribution in [0.25, 0.3) is 0 Å². The molecule has 3 heterocycles. The minimum Gasteiger partial charge on any atom is -0.456 e. The Bertz CT molecular complexity index is 1150. The molecule has 2 aromatic heterocycles. The van der Waals surface area contributed by atoms with Crippen LogP contribution in [0.15, 0.2) is 59.9 Å². The number of carbonyl (C=O) groups excluding carboxylic acids is 1. The van der Waals surface area contributed by atoms with E-state index in [1.165, 1.54) is 22.6 Å². The Labute approximate surface area is 167 Å². The van der Waals surface area contributed by atoms with E-state index >= 15 is 0 Å². The van der Waals surface area contributed by atoms with Crippen LogP contribution in [0.1, 0.15) is 21.9 Å². The van der Waals surface area contributed by atoms with E-state index in [-0.39, 0.29) is 17.3 Å². The highest BCUT2D eigenvalue weighted by Gasteiger charge is 2.29. The smallest absolute Gasteiger partial charge is 0.286 e. The number of sulfonamides is 1. The number of hydrogen-bond donors (Lipinski definition) is 1. The highest BCUT2D eigenvalue weighted by molar-refractivity contribution is 7.89. The Morgan fingerprint density at radius 1 is 1.10 bits per heavy atom. The number of pyridine rings is 1. The number of nitrogens with two attached hydrogens (primary N) is 1. The van der Waals surface area contributed by atoms with Crippen molar-refractivity contribution in [3.05, 3.63) is 72.1 Å². The van der Waals surface area contributed by atoms with E-state index in [1.807, 2.05) is 0 Å². The lowest BCUT2D eigenvalue weighted by Crippen LogP contribution is -2.37. The highest BCUT2D eigenvalue weighted by Crippen LogP contribution is 2.26. The van der Waals surface area contributed by atoms with Crippen LogP contribution < -0.4 is 10.5 Å². The Kier molecular flexibility index (Phi) is 4.95. The molecule has 0 saturated carbocycles. The molecule has 0 bridgehead atoms. The number of benzene rings is 1. The van der Waals surface area contributed by atoms with Gasteiger partial charge in [-0.15, -0.1) is 0 Å². The van der Waals surface area contributed by atoms with E-state index in [4.69, 9.17) is 10.5 Å². The number of carbonyl (C=O) groups is 1. The van der Waals surface area contributed by atoms with Crippen molar-refractivity contribution in [3.8, 4) is 11.5 Å². The van der Waals surface area contributed by atoms with Crippen molar-refractivity contribution in [2.24, 2.45) is 5.73 Å². The molecule has 0 saturated heterocycles.